The van der Waals surface area contributed by atoms with Crippen molar-refractivity contribution < 1.29 is 14.3 Å². The summed E-state index contributed by atoms with van der Waals surface area (Å²) in [5, 5.41) is 3.07. The Hall–Kier alpha value is -2.04. The van der Waals surface area contributed by atoms with Crippen LogP contribution < -0.4 is 10.1 Å². The van der Waals surface area contributed by atoms with Crippen molar-refractivity contribution in [1.29, 1.82) is 0 Å². The molecule has 132 valence electrons. The number of hydrogen-bond acceptors (Lipinski definition) is 3. The van der Waals surface area contributed by atoms with Crippen LogP contribution in [0.4, 0.5) is 0 Å². The Labute approximate surface area is 144 Å². The number of nitrogens with zero attached hydrogens (tertiary/aromatic N) is 1. The average Bonchev–Trinajstić information content (AvgIpc) is 2.61. The van der Waals surface area contributed by atoms with E-state index in [-0.39, 0.29) is 23.8 Å². The van der Waals surface area contributed by atoms with Gasteiger partial charge in [-0.3, -0.25) is 9.59 Å². The summed E-state index contributed by atoms with van der Waals surface area (Å²) in [4.78, 5) is 26.8. The fraction of sp³-hybridized carbons (Fsp3) is 0.579. The molecule has 0 radical (unpaired) electrons. The van der Waals surface area contributed by atoms with Gasteiger partial charge in [0.25, 0.3) is 5.91 Å². The van der Waals surface area contributed by atoms with Crippen LogP contribution in [0.15, 0.2) is 24.3 Å². The first-order chi connectivity index (χ1) is 11.5. The number of rotatable bonds is 6. The maximum Gasteiger partial charge on any atom is 0.253 e. The van der Waals surface area contributed by atoms with Crippen molar-refractivity contribution in [1.82, 2.24) is 10.2 Å². The van der Waals surface area contributed by atoms with Crippen LogP contribution in [0.3, 0.4) is 0 Å². The van der Waals surface area contributed by atoms with Gasteiger partial charge in [-0.05, 0) is 50.5 Å². The van der Waals surface area contributed by atoms with Gasteiger partial charge >= 0.3 is 0 Å². The number of ether oxygens (including phenoxy) is 1. The number of methoxy groups -OCH3 is 1. The molecule has 2 amide bonds. The van der Waals surface area contributed by atoms with E-state index in [0.717, 1.165) is 31.4 Å². The van der Waals surface area contributed by atoms with E-state index in [2.05, 4.69) is 12.2 Å². The van der Waals surface area contributed by atoms with Gasteiger partial charge in [-0.25, -0.2) is 0 Å². The number of likely N-dealkylation sites (tertiary alicyclic amines) is 1. The first-order valence-corrected chi connectivity index (χ1v) is 8.78. The minimum absolute atomic E-state index is 0.0169. The van der Waals surface area contributed by atoms with Gasteiger partial charge in [-0.1, -0.05) is 13.3 Å². The van der Waals surface area contributed by atoms with Crippen molar-refractivity contribution in [3.63, 3.8) is 0 Å². The molecular formula is C19H28N2O3. The monoisotopic (exact) mass is 332 g/mol. The third kappa shape index (κ3) is 4.73. The molecule has 2 rings (SSSR count). The van der Waals surface area contributed by atoms with E-state index < -0.39 is 0 Å². The van der Waals surface area contributed by atoms with Gasteiger partial charge in [0, 0.05) is 24.7 Å². The fourth-order valence-electron chi connectivity index (χ4n) is 3.16. The molecule has 1 N–H and O–H groups in total. The summed E-state index contributed by atoms with van der Waals surface area (Å²) in [6.45, 7) is 5.34. The first kappa shape index (κ1) is 18.3. The number of carbonyl (C=O) groups excluding carboxylic acids is 2. The number of amides is 2. The Bertz CT molecular complexity index is 556. The van der Waals surface area contributed by atoms with E-state index in [1.165, 1.54) is 0 Å². The Kier molecular flexibility index (Phi) is 6.64. The summed E-state index contributed by atoms with van der Waals surface area (Å²) in [5.74, 6) is 0.674. The quantitative estimate of drug-likeness (QED) is 0.871. The molecule has 0 unspecified atom stereocenters. The zero-order valence-electron chi connectivity index (χ0n) is 14.9. The average molecular weight is 332 g/mol. The van der Waals surface area contributed by atoms with Crippen LogP contribution in [0, 0.1) is 5.92 Å². The predicted octanol–water partition coefficient (Wildman–Crippen LogP) is 2.85. The normalized spacial score (nSPS) is 18.8. The smallest absolute Gasteiger partial charge is 0.253 e. The summed E-state index contributed by atoms with van der Waals surface area (Å²) in [6, 6.07) is 7.30. The van der Waals surface area contributed by atoms with Crippen LogP contribution in [-0.4, -0.2) is 43.0 Å². The van der Waals surface area contributed by atoms with Crippen LogP contribution in [0.2, 0.25) is 0 Å². The molecular weight excluding hydrogens is 304 g/mol. The second-order valence-corrected chi connectivity index (χ2v) is 6.52. The standard InChI is InChI=1S/C19H28N2O3/c1-4-6-14(2)20-18(22)16-7-5-12-21(13-16)19(23)15-8-10-17(24-3)11-9-15/h8-11,14,16H,4-7,12-13H2,1-3H3,(H,20,22)/t14-,16+/m0/s1. The summed E-state index contributed by atoms with van der Waals surface area (Å²) in [5.41, 5.74) is 0.635. The van der Waals surface area contributed by atoms with Crippen LogP contribution in [-0.2, 0) is 4.79 Å². The molecule has 1 heterocycles. The molecule has 0 spiro atoms. The second kappa shape index (κ2) is 8.71. The lowest BCUT2D eigenvalue weighted by molar-refractivity contribution is -0.127. The lowest BCUT2D eigenvalue weighted by Gasteiger charge is -2.32. The molecule has 24 heavy (non-hydrogen) atoms. The first-order valence-electron chi connectivity index (χ1n) is 8.78. The molecule has 0 saturated carbocycles. The Balaban J connectivity index is 1.96. The summed E-state index contributed by atoms with van der Waals surface area (Å²) < 4.78 is 5.12. The maximum absolute atomic E-state index is 12.6. The van der Waals surface area contributed by atoms with Crippen LogP contribution >= 0.6 is 0 Å². The summed E-state index contributed by atoms with van der Waals surface area (Å²) in [7, 11) is 1.60. The van der Waals surface area contributed by atoms with Crippen molar-refractivity contribution in [3.8, 4) is 5.75 Å². The number of hydrogen-bond donors (Lipinski definition) is 1. The molecule has 0 aromatic heterocycles. The van der Waals surface area contributed by atoms with Gasteiger partial charge in [0.1, 0.15) is 5.75 Å². The number of benzene rings is 1. The van der Waals surface area contributed by atoms with E-state index in [4.69, 9.17) is 4.74 Å². The third-order valence-corrected chi connectivity index (χ3v) is 4.53. The highest BCUT2D eigenvalue weighted by atomic mass is 16.5. The lowest BCUT2D eigenvalue weighted by atomic mass is 9.96. The van der Waals surface area contributed by atoms with Crippen LogP contribution in [0.1, 0.15) is 49.9 Å². The molecule has 5 heteroatoms. The van der Waals surface area contributed by atoms with Gasteiger partial charge in [0.2, 0.25) is 5.91 Å². The zero-order chi connectivity index (χ0) is 17.5. The van der Waals surface area contributed by atoms with Gasteiger partial charge in [0.15, 0.2) is 0 Å². The van der Waals surface area contributed by atoms with Crippen molar-refractivity contribution in [2.45, 2.75) is 45.6 Å². The van der Waals surface area contributed by atoms with Crippen LogP contribution in [0.5, 0.6) is 5.75 Å². The molecule has 1 fully saturated rings. The summed E-state index contributed by atoms with van der Waals surface area (Å²) in [6.07, 6.45) is 3.74. The van der Waals surface area contributed by atoms with Gasteiger partial charge < -0.3 is 15.0 Å². The highest BCUT2D eigenvalue weighted by Crippen LogP contribution is 2.20. The van der Waals surface area contributed by atoms with Gasteiger partial charge in [-0.15, -0.1) is 0 Å². The van der Waals surface area contributed by atoms with Crippen molar-refractivity contribution in [3.05, 3.63) is 29.8 Å². The fourth-order valence-corrected chi connectivity index (χ4v) is 3.16. The maximum atomic E-state index is 12.6. The largest absolute Gasteiger partial charge is 0.497 e. The molecule has 0 bridgehead atoms. The van der Waals surface area contributed by atoms with E-state index in [0.29, 0.717) is 18.7 Å². The lowest BCUT2D eigenvalue weighted by Crippen LogP contribution is -2.47. The van der Waals surface area contributed by atoms with Crippen molar-refractivity contribution in [2.24, 2.45) is 5.92 Å². The topological polar surface area (TPSA) is 58.6 Å². The highest BCUT2D eigenvalue weighted by molar-refractivity contribution is 5.94. The third-order valence-electron chi connectivity index (χ3n) is 4.53. The summed E-state index contributed by atoms with van der Waals surface area (Å²) >= 11 is 0. The van der Waals surface area contributed by atoms with E-state index >= 15 is 0 Å². The number of piperidine rings is 1. The Morgan fingerprint density at radius 2 is 2.04 bits per heavy atom. The SMILES string of the molecule is CCC[C@H](C)NC(=O)[C@@H]1CCCN(C(=O)c2ccc(OC)cc2)C1. The van der Waals surface area contributed by atoms with Crippen molar-refractivity contribution in [2.75, 3.05) is 20.2 Å². The molecule has 0 aliphatic carbocycles. The van der Waals surface area contributed by atoms with E-state index in [1.54, 1.807) is 36.3 Å². The molecule has 1 aromatic carbocycles. The Morgan fingerprint density at radius 1 is 1.33 bits per heavy atom. The minimum Gasteiger partial charge on any atom is -0.497 e. The molecule has 1 saturated heterocycles. The van der Waals surface area contributed by atoms with Gasteiger partial charge in [0.05, 0.1) is 13.0 Å². The molecule has 1 aromatic rings. The minimum atomic E-state index is -0.111. The van der Waals surface area contributed by atoms with E-state index in [9.17, 15) is 9.59 Å². The second-order valence-electron chi connectivity index (χ2n) is 6.52. The van der Waals surface area contributed by atoms with Crippen LogP contribution in [0.25, 0.3) is 0 Å². The predicted molar refractivity (Wildman–Crippen MR) is 94.1 cm³/mol. The van der Waals surface area contributed by atoms with Gasteiger partial charge in [-0.2, -0.15) is 0 Å². The molecule has 1 aliphatic rings. The highest BCUT2D eigenvalue weighted by Gasteiger charge is 2.29. The van der Waals surface area contributed by atoms with Crippen molar-refractivity contribution >= 4 is 11.8 Å². The number of carbonyl (C=O) groups is 2. The Morgan fingerprint density at radius 3 is 2.67 bits per heavy atom. The molecule has 2 atom stereocenters. The molecule has 1 aliphatic heterocycles. The van der Waals surface area contributed by atoms with E-state index in [1.807, 2.05) is 6.92 Å². The number of nitrogens with one attached hydrogen (secondary N) is 1. The zero-order valence-corrected chi connectivity index (χ0v) is 14.9. The molecule has 5 nitrogen and oxygen atoms in total.